The normalized spacial score (nSPS) is 10.4. The second-order valence-electron chi connectivity index (χ2n) is 3.43. The van der Waals surface area contributed by atoms with Gasteiger partial charge in [0.15, 0.2) is 0 Å². The highest BCUT2D eigenvalue weighted by Gasteiger charge is 2.08. The molecule has 1 amide bonds. The summed E-state index contributed by atoms with van der Waals surface area (Å²) in [4.78, 5) is 11.1. The molecule has 0 heterocycles. The minimum absolute atomic E-state index is 0.0673. The van der Waals surface area contributed by atoms with Gasteiger partial charge in [0.25, 0.3) is 0 Å². The van der Waals surface area contributed by atoms with Crippen molar-refractivity contribution in [3.05, 3.63) is 12.2 Å². The predicted octanol–water partition coefficient (Wildman–Crippen LogP) is 0.972. The maximum absolute atomic E-state index is 11.1. The van der Waals surface area contributed by atoms with Gasteiger partial charge in [-0.3, -0.25) is 4.79 Å². The van der Waals surface area contributed by atoms with Crippen LogP contribution in [0.5, 0.6) is 0 Å². The molecule has 0 radical (unpaired) electrons. The molecule has 0 unspecified atom stereocenters. The lowest BCUT2D eigenvalue weighted by atomic mass is 10.3. The van der Waals surface area contributed by atoms with Gasteiger partial charge in [-0.15, -0.1) is 0 Å². The van der Waals surface area contributed by atoms with E-state index in [0.717, 1.165) is 18.9 Å². The molecule has 88 valence electrons. The summed E-state index contributed by atoms with van der Waals surface area (Å²) in [5, 5.41) is 2.79. The van der Waals surface area contributed by atoms with Crippen LogP contribution in [-0.4, -0.2) is 36.0 Å². The van der Waals surface area contributed by atoms with Crippen molar-refractivity contribution in [1.29, 1.82) is 0 Å². The summed E-state index contributed by atoms with van der Waals surface area (Å²) < 4.78 is 10.4. The van der Waals surface area contributed by atoms with Crippen LogP contribution in [0.3, 0.4) is 0 Å². The fourth-order valence-corrected chi connectivity index (χ4v) is 2.41. The first-order valence-electron chi connectivity index (χ1n) is 5.11. The molecule has 0 spiro atoms. The molecule has 0 saturated carbocycles. The van der Waals surface area contributed by atoms with Crippen molar-refractivity contribution in [2.45, 2.75) is 25.8 Å². The average Bonchev–Trinajstić information content (AvgIpc) is 2.23. The summed E-state index contributed by atoms with van der Waals surface area (Å²) >= 11 is 0. The van der Waals surface area contributed by atoms with Gasteiger partial charge >= 0.3 is 9.28 Å². The maximum Gasteiger partial charge on any atom is 0.320 e. The number of carbonyl (C=O) groups excluding carboxylic acids is 1. The van der Waals surface area contributed by atoms with Gasteiger partial charge in [-0.25, -0.2) is 0 Å². The quantitative estimate of drug-likeness (QED) is 0.385. The van der Waals surface area contributed by atoms with Crippen LogP contribution in [0.25, 0.3) is 0 Å². The fourth-order valence-electron chi connectivity index (χ4n) is 1.12. The lowest BCUT2D eigenvalue weighted by Crippen LogP contribution is -2.25. The Bertz CT molecular complexity index is 205. The Balaban J connectivity index is 3.39. The van der Waals surface area contributed by atoms with E-state index in [1.165, 1.54) is 0 Å². The molecule has 0 atom stereocenters. The Labute approximate surface area is 93.5 Å². The number of hydrogen-bond donors (Lipinski definition) is 1. The zero-order valence-electron chi connectivity index (χ0n) is 9.84. The van der Waals surface area contributed by atoms with Crippen LogP contribution in [0.1, 0.15) is 19.8 Å². The molecule has 0 aliphatic carbocycles. The highest BCUT2D eigenvalue weighted by atomic mass is 28.3. The molecular weight excluding hydrogens is 210 g/mol. The maximum atomic E-state index is 11.1. The van der Waals surface area contributed by atoms with Crippen molar-refractivity contribution in [3.8, 4) is 0 Å². The first kappa shape index (κ1) is 14.3. The van der Waals surface area contributed by atoms with Gasteiger partial charge in [-0.1, -0.05) is 6.58 Å². The summed E-state index contributed by atoms with van der Waals surface area (Å²) in [5.41, 5.74) is 0.552. The monoisotopic (exact) mass is 231 g/mol. The molecule has 0 aromatic heterocycles. The molecule has 1 N–H and O–H groups in total. The van der Waals surface area contributed by atoms with E-state index in [-0.39, 0.29) is 5.91 Å². The van der Waals surface area contributed by atoms with Crippen LogP contribution >= 0.6 is 0 Å². The molecule has 5 heteroatoms. The van der Waals surface area contributed by atoms with Gasteiger partial charge in [-0.05, 0) is 25.8 Å². The van der Waals surface area contributed by atoms with E-state index < -0.39 is 9.28 Å². The van der Waals surface area contributed by atoms with Crippen LogP contribution in [0.2, 0.25) is 6.04 Å². The van der Waals surface area contributed by atoms with Gasteiger partial charge in [0.1, 0.15) is 0 Å². The summed E-state index contributed by atoms with van der Waals surface area (Å²) in [6, 6.07) is 0.982. The highest BCUT2D eigenvalue weighted by molar-refractivity contribution is 6.44. The van der Waals surface area contributed by atoms with Crippen LogP contribution < -0.4 is 5.32 Å². The molecule has 15 heavy (non-hydrogen) atoms. The van der Waals surface area contributed by atoms with Gasteiger partial charge in [-0.2, -0.15) is 0 Å². The predicted molar refractivity (Wildman–Crippen MR) is 63.0 cm³/mol. The van der Waals surface area contributed by atoms with Crippen molar-refractivity contribution in [2.24, 2.45) is 0 Å². The van der Waals surface area contributed by atoms with Crippen molar-refractivity contribution >= 4 is 15.2 Å². The van der Waals surface area contributed by atoms with Crippen molar-refractivity contribution < 1.29 is 13.6 Å². The van der Waals surface area contributed by atoms with Gasteiger partial charge < -0.3 is 14.2 Å². The number of hydrogen-bond acceptors (Lipinski definition) is 3. The molecule has 0 saturated heterocycles. The zero-order chi connectivity index (χ0) is 11.7. The molecule has 0 aromatic carbocycles. The SMILES string of the molecule is C=C(C)C(=O)NCCCC[SiH](OC)OC. The molecule has 0 aliphatic rings. The zero-order valence-corrected chi connectivity index (χ0v) is 11.0. The fraction of sp³-hybridized carbons (Fsp3) is 0.700. The third kappa shape index (κ3) is 7.30. The Morgan fingerprint density at radius 3 is 2.40 bits per heavy atom. The first-order chi connectivity index (χ1) is 7.11. The standard InChI is InChI=1S/C10H21NO3Si/c1-9(2)10(12)11-7-5-6-8-15(13-3)14-4/h15H,1,5-8H2,2-4H3,(H,11,12). The largest absolute Gasteiger partial charge is 0.400 e. The Morgan fingerprint density at radius 2 is 1.93 bits per heavy atom. The van der Waals surface area contributed by atoms with Crippen molar-refractivity contribution in [2.75, 3.05) is 20.8 Å². The molecule has 0 fully saturated rings. The summed E-state index contributed by atoms with van der Waals surface area (Å²) in [6.07, 6.45) is 1.98. The van der Waals surface area contributed by atoms with Crippen LogP contribution in [0.15, 0.2) is 12.2 Å². The van der Waals surface area contributed by atoms with E-state index in [1.54, 1.807) is 21.1 Å². The first-order valence-corrected chi connectivity index (χ1v) is 6.87. The molecular formula is C10H21NO3Si. The van der Waals surface area contributed by atoms with Crippen molar-refractivity contribution in [3.63, 3.8) is 0 Å². The van der Waals surface area contributed by atoms with E-state index in [0.29, 0.717) is 12.1 Å². The lowest BCUT2D eigenvalue weighted by Gasteiger charge is -2.10. The smallest absolute Gasteiger partial charge is 0.320 e. The molecule has 0 rings (SSSR count). The van der Waals surface area contributed by atoms with Crippen molar-refractivity contribution in [1.82, 2.24) is 5.32 Å². The number of amides is 1. The van der Waals surface area contributed by atoms with E-state index in [1.807, 2.05) is 0 Å². The molecule has 0 aromatic rings. The Kier molecular flexibility index (Phi) is 8.26. The third-order valence-corrected chi connectivity index (χ3v) is 4.00. The average molecular weight is 231 g/mol. The van der Waals surface area contributed by atoms with E-state index >= 15 is 0 Å². The summed E-state index contributed by atoms with van der Waals surface area (Å²) in [5.74, 6) is -0.0673. The number of rotatable bonds is 8. The van der Waals surface area contributed by atoms with E-state index in [2.05, 4.69) is 11.9 Å². The van der Waals surface area contributed by atoms with E-state index in [9.17, 15) is 4.79 Å². The van der Waals surface area contributed by atoms with Gasteiger partial charge in [0.2, 0.25) is 5.91 Å². The second-order valence-corrected chi connectivity index (χ2v) is 5.81. The lowest BCUT2D eigenvalue weighted by molar-refractivity contribution is -0.117. The minimum Gasteiger partial charge on any atom is -0.400 e. The summed E-state index contributed by atoms with van der Waals surface area (Å²) in [7, 11) is 1.96. The van der Waals surface area contributed by atoms with Gasteiger partial charge in [0, 0.05) is 26.3 Å². The third-order valence-electron chi connectivity index (χ3n) is 2.07. The number of carbonyl (C=O) groups is 1. The highest BCUT2D eigenvalue weighted by Crippen LogP contribution is 2.02. The van der Waals surface area contributed by atoms with E-state index in [4.69, 9.17) is 8.85 Å². The topological polar surface area (TPSA) is 47.6 Å². The number of nitrogens with one attached hydrogen (secondary N) is 1. The number of unbranched alkanes of at least 4 members (excludes halogenated alkanes) is 1. The Morgan fingerprint density at radius 1 is 1.33 bits per heavy atom. The Hall–Kier alpha value is -0.653. The van der Waals surface area contributed by atoms with Crippen LogP contribution in [-0.2, 0) is 13.6 Å². The van der Waals surface area contributed by atoms with Gasteiger partial charge in [0.05, 0.1) is 0 Å². The molecule has 4 nitrogen and oxygen atoms in total. The van der Waals surface area contributed by atoms with Crippen LogP contribution in [0.4, 0.5) is 0 Å². The summed E-state index contributed by atoms with van der Waals surface area (Å²) in [6.45, 7) is 5.96. The second kappa shape index (κ2) is 8.64. The molecule has 0 bridgehead atoms. The minimum atomic E-state index is -1.41. The van der Waals surface area contributed by atoms with Crippen LogP contribution in [0, 0.1) is 0 Å². The molecule has 0 aliphatic heterocycles.